The first-order valence-electron chi connectivity index (χ1n) is 11.8. The SMILES string of the molecule is Cc1c(F)cccc1Cc1c(CO[Si](C)(C)C(C)(C)C)nc2c(I)cc(N3CCOCC3)nn12. The van der Waals surface area contributed by atoms with E-state index >= 15 is 0 Å². The van der Waals surface area contributed by atoms with Gasteiger partial charge in [-0.25, -0.2) is 13.9 Å². The van der Waals surface area contributed by atoms with Crippen LogP contribution in [0.5, 0.6) is 0 Å². The number of rotatable bonds is 6. The molecule has 0 saturated carbocycles. The molecule has 1 saturated heterocycles. The number of imidazole rings is 1. The van der Waals surface area contributed by atoms with Gasteiger partial charge in [0.25, 0.3) is 0 Å². The molecule has 0 atom stereocenters. The molecule has 0 bridgehead atoms. The van der Waals surface area contributed by atoms with Crippen LogP contribution in [0, 0.1) is 16.3 Å². The quantitative estimate of drug-likeness (QED) is 0.269. The molecule has 1 aromatic carbocycles. The summed E-state index contributed by atoms with van der Waals surface area (Å²) in [6.45, 7) is 16.5. The first-order valence-corrected chi connectivity index (χ1v) is 15.7. The lowest BCUT2D eigenvalue weighted by Gasteiger charge is -2.36. The third kappa shape index (κ3) is 5.17. The molecule has 3 heterocycles. The first kappa shape index (κ1) is 25.5. The summed E-state index contributed by atoms with van der Waals surface area (Å²) in [5.41, 5.74) is 4.24. The standard InChI is InChI=1S/C25H34FIN4O2Si/c1-17-18(8-7-9-19(17)26)14-22-21(16-33-34(5,6)25(2,3)4)28-24-20(27)15-23(29-31(22)24)30-10-12-32-13-11-30/h7-9,15H,10-14,16H2,1-6H3. The fraction of sp³-hybridized carbons (Fsp3) is 0.520. The largest absolute Gasteiger partial charge is 0.411 e. The van der Waals surface area contributed by atoms with E-state index in [9.17, 15) is 4.39 Å². The van der Waals surface area contributed by atoms with E-state index in [2.05, 4.69) is 67.4 Å². The van der Waals surface area contributed by atoms with Gasteiger partial charge in [-0.15, -0.1) is 5.10 Å². The normalized spacial score (nSPS) is 15.4. The van der Waals surface area contributed by atoms with Crippen molar-refractivity contribution in [2.75, 3.05) is 31.2 Å². The van der Waals surface area contributed by atoms with Crippen LogP contribution in [0.15, 0.2) is 24.3 Å². The van der Waals surface area contributed by atoms with Crippen LogP contribution in [0.3, 0.4) is 0 Å². The number of anilines is 1. The average molecular weight is 597 g/mol. The number of hydrogen-bond acceptors (Lipinski definition) is 5. The summed E-state index contributed by atoms with van der Waals surface area (Å²) in [4.78, 5) is 7.23. The molecule has 0 N–H and O–H groups in total. The highest BCUT2D eigenvalue weighted by Gasteiger charge is 2.37. The van der Waals surface area contributed by atoms with Gasteiger partial charge in [-0.05, 0) is 70.9 Å². The topological polar surface area (TPSA) is 51.9 Å². The van der Waals surface area contributed by atoms with Gasteiger partial charge < -0.3 is 14.1 Å². The molecular weight excluding hydrogens is 562 g/mol. The Morgan fingerprint density at radius 2 is 1.91 bits per heavy atom. The number of nitrogens with zero attached hydrogens (tertiary/aromatic N) is 4. The van der Waals surface area contributed by atoms with Crippen molar-refractivity contribution in [1.29, 1.82) is 0 Å². The van der Waals surface area contributed by atoms with E-state index in [-0.39, 0.29) is 10.9 Å². The average Bonchev–Trinajstić information content (AvgIpc) is 3.13. The Morgan fingerprint density at radius 3 is 2.59 bits per heavy atom. The van der Waals surface area contributed by atoms with Gasteiger partial charge in [0.15, 0.2) is 19.8 Å². The number of halogens is 2. The summed E-state index contributed by atoms with van der Waals surface area (Å²) in [6.07, 6.45) is 0.538. The maximum Gasteiger partial charge on any atom is 0.192 e. The van der Waals surface area contributed by atoms with Crippen molar-refractivity contribution < 1.29 is 13.6 Å². The third-order valence-electron chi connectivity index (χ3n) is 7.15. The molecule has 0 unspecified atom stereocenters. The third-order valence-corrected chi connectivity index (χ3v) is 12.4. The molecule has 1 aliphatic heterocycles. The van der Waals surface area contributed by atoms with Gasteiger partial charge in [-0.3, -0.25) is 0 Å². The van der Waals surface area contributed by atoms with Gasteiger partial charge in [0, 0.05) is 19.5 Å². The minimum atomic E-state index is -1.98. The highest BCUT2D eigenvalue weighted by molar-refractivity contribution is 14.1. The molecule has 1 fully saturated rings. The van der Waals surface area contributed by atoms with Crippen LogP contribution >= 0.6 is 22.6 Å². The van der Waals surface area contributed by atoms with Gasteiger partial charge in [-0.2, -0.15) is 0 Å². The second-order valence-corrected chi connectivity index (χ2v) is 16.4. The summed E-state index contributed by atoms with van der Waals surface area (Å²) in [6, 6.07) is 7.34. The van der Waals surface area contributed by atoms with Gasteiger partial charge in [0.05, 0.1) is 34.8 Å². The van der Waals surface area contributed by atoms with Crippen LogP contribution in [-0.4, -0.2) is 49.2 Å². The van der Waals surface area contributed by atoms with E-state index in [1.807, 2.05) is 17.5 Å². The van der Waals surface area contributed by atoms with Crippen molar-refractivity contribution >= 4 is 42.4 Å². The van der Waals surface area contributed by atoms with Gasteiger partial charge in [-0.1, -0.05) is 32.9 Å². The second-order valence-electron chi connectivity index (χ2n) is 10.4. The van der Waals surface area contributed by atoms with Crippen molar-refractivity contribution in [3.05, 3.63) is 56.2 Å². The first-order chi connectivity index (χ1) is 16.0. The smallest absolute Gasteiger partial charge is 0.192 e. The Morgan fingerprint density at radius 1 is 1.21 bits per heavy atom. The predicted molar refractivity (Wildman–Crippen MR) is 145 cm³/mol. The highest BCUT2D eigenvalue weighted by atomic mass is 127. The Hall–Kier alpha value is -1.56. The molecule has 9 heteroatoms. The zero-order valence-electron chi connectivity index (χ0n) is 20.9. The van der Waals surface area contributed by atoms with E-state index in [4.69, 9.17) is 19.2 Å². The predicted octanol–water partition coefficient (Wildman–Crippen LogP) is 5.73. The van der Waals surface area contributed by atoms with Crippen LogP contribution in [0.25, 0.3) is 5.65 Å². The number of ether oxygens (including phenoxy) is 1. The number of aromatic nitrogens is 3. The van der Waals surface area contributed by atoms with Crippen LogP contribution < -0.4 is 4.90 Å². The van der Waals surface area contributed by atoms with E-state index in [1.165, 1.54) is 6.07 Å². The second kappa shape index (κ2) is 9.83. The summed E-state index contributed by atoms with van der Waals surface area (Å²) in [5.74, 6) is 0.716. The Kier molecular flexibility index (Phi) is 7.38. The fourth-order valence-corrected chi connectivity index (χ4v) is 5.35. The fourth-order valence-electron chi connectivity index (χ4n) is 3.79. The molecule has 0 radical (unpaired) electrons. The summed E-state index contributed by atoms with van der Waals surface area (Å²) < 4.78 is 29.4. The molecule has 0 amide bonds. The lowest BCUT2D eigenvalue weighted by molar-refractivity contribution is 0.122. The molecule has 0 spiro atoms. The summed E-state index contributed by atoms with van der Waals surface area (Å²) in [7, 11) is -1.98. The Bertz CT molecular complexity index is 1190. The lowest BCUT2D eigenvalue weighted by Crippen LogP contribution is -2.40. The number of benzene rings is 1. The van der Waals surface area contributed by atoms with E-state index in [0.29, 0.717) is 31.8 Å². The number of morpholine rings is 1. The summed E-state index contributed by atoms with van der Waals surface area (Å²) in [5, 5.41) is 5.10. The minimum absolute atomic E-state index is 0.0989. The maximum absolute atomic E-state index is 14.4. The number of fused-ring (bicyclic) bond motifs is 1. The van der Waals surface area contributed by atoms with Crippen LogP contribution in [0.2, 0.25) is 18.1 Å². The monoisotopic (exact) mass is 596 g/mol. The molecule has 2 aromatic heterocycles. The van der Waals surface area contributed by atoms with Crippen molar-refractivity contribution in [3.8, 4) is 0 Å². The van der Waals surface area contributed by atoms with E-state index in [1.54, 1.807) is 6.07 Å². The van der Waals surface area contributed by atoms with Gasteiger partial charge in [0.2, 0.25) is 0 Å². The highest BCUT2D eigenvalue weighted by Crippen LogP contribution is 2.37. The van der Waals surface area contributed by atoms with Crippen molar-refractivity contribution in [2.24, 2.45) is 0 Å². The Labute approximate surface area is 216 Å². The van der Waals surface area contributed by atoms with E-state index < -0.39 is 8.32 Å². The molecular formula is C25H34FIN4O2Si. The molecule has 6 nitrogen and oxygen atoms in total. The molecule has 1 aliphatic rings. The van der Waals surface area contributed by atoms with Crippen LogP contribution in [-0.2, 0) is 22.2 Å². The molecule has 34 heavy (non-hydrogen) atoms. The van der Waals surface area contributed by atoms with Crippen molar-refractivity contribution in [3.63, 3.8) is 0 Å². The van der Waals surface area contributed by atoms with Crippen molar-refractivity contribution in [1.82, 2.24) is 14.6 Å². The van der Waals surface area contributed by atoms with Crippen LogP contribution in [0.4, 0.5) is 10.2 Å². The Balaban J connectivity index is 1.80. The lowest BCUT2D eigenvalue weighted by atomic mass is 10.0. The molecule has 4 rings (SSSR count). The molecule has 184 valence electrons. The van der Waals surface area contributed by atoms with Gasteiger partial charge >= 0.3 is 0 Å². The van der Waals surface area contributed by atoms with Crippen LogP contribution in [0.1, 0.15) is 43.3 Å². The van der Waals surface area contributed by atoms with Gasteiger partial charge in [0.1, 0.15) is 5.82 Å². The van der Waals surface area contributed by atoms with Crippen molar-refractivity contribution in [2.45, 2.75) is 58.9 Å². The molecule has 3 aromatic rings. The molecule has 0 aliphatic carbocycles. The maximum atomic E-state index is 14.4. The number of hydrogen-bond donors (Lipinski definition) is 0. The van der Waals surface area contributed by atoms with E-state index in [0.717, 1.165) is 45.1 Å². The summed E-state index contributed by atoms with van der Waals surface area (Å²) >= 11 is 2.34. The zero-order chi connectivity index (χ0) is 24.7. The minimum Gasteiger partial charge on any atom is -0.411 e. The zero-order valence-corrected chi connectivity index (χ0v) is 24.1.